The first kappa shape index (κ1) is 15.5. The standard InChI is InChI=1S/C14H11ClN4O3/c15-12-6-5-10(19(21)22)7-9(12)8-17-18-14(20)11-3-1-2-4-13(11)16/h1-8H,16H2,(H,18,20)/b17-8-. The molecule has 3 N–H and O–H groups in total. The number of nitro benzene ring substituents is 1. The molecule has 0 bridgehead atoms. The van der Waals surface area contributed by atoms with Crippen LogP contribution in [-0.2, 0) is 0 Å². The van der Waals surface area contributed by atoms with Gasteiger partial charge in [0.1, 0.15) is 0 Å². The van der Waals surface area contributed by atoms with Crippen molar-refractivity contribution in [3.8, 4) is 0 Å². The van der Waals surface area contributed by atoms with Gasteiger partial charge in [-0.05, 0) is 18.2 Å². The number of halogens is 1. The van der Waals surface area contributed by atoms with E-state index in [-0.39, 0.29) is 16.3 Å². The fraction of sp³-hybridized carbons (Fsp3) is 0. The number of carbonyl (C=O) groups is 1. The number of para-hydroxylation sites is 1. The average Bonchev–Trinajstić information content (AvgIpc) is 2.49. The third kappa shape index (κ3) is 3.58. The molecule has 0 atom stereocenters. The SMILES string of the molecule is Nc1ccccc1C(=O)N/N=C\c1cc([N+](=O)[O-])ccc1Cl. The zero-order chi connectivity index (χ0) is 16.1. The highest BCUT2D eigenvalue weighted by atomic mass is 35.5. The van der Waals surface area contributed by atoms with Crippen molar-refractivity contribution in [1.29, 1.82) is 0 Å². The van der Waals surface area contributed by atoms with Crippen LogP contribution in [0, 0.1) is 10.1 Å². The van der Waals surface area contributed by atoms with E-state index in [0.717, 1.165) is 0 Å². The van der Waals surface area contributed by atoms with Crippen LogP contribution in [0.15, 0.2) is 47.6 Å². The van der Waals surface area contributed by atoms with Gasteiger partial charge in [-0.3, -0.25) is 14.9 Å². The largest absolute Gasteiger partial charge is 0.398 e. The molecule has 0 aromatic heterocycles. The fourth-order valence-electron chi connectivity index (χ4n) is 1.67. The number of hydrogen-bond donors (Lipinski definition) is 2. The van der Waals surface area contributed by atoms with E-state index in [4.69, 9.17) is 17.3 Å². The minimum atomic E-state index is -0.545. The second kappa shape index (κ2) is 6.68. The van der Waals surface area contributed by atoms with Crippen LogP contribution in [0.4, 0.5) is 11.4 Å². The molecule has 22 heavy (non-hydrogen) atoms. The second-order valence-electron chi connectivity index (χ2n) is 4.25. The molecule has 0 aliphatic rings. The van der Waals surface area contributed by atoms with Crippen LogP contribution >= 0.6 is 11.6 Å². The molecule has 0 fully saturated rings. The maximum Gasteiger partial charge on any atom is 0.273 e. The molecule has 0 aliphatic carbocycles. The summed E-state index contributed by atoms with van der Waals surface area (Å²) < 4.78 is 0. The molecule has 2 aromatic carbocycles. The summed E-state index contributed by atoms with van der Waals surface area (Å²) in [6.07, 6.45) is 1.23. The number of nitrogens with one attached hydrogen (secondary N) is 1. The molecule has 0 saturated carbocycles. The van der Waals surface area contributed by atoms with Gasteiger partial charge in [-0.2, -0.15) is 5.10 Å². The van der Waals surface area contributed by atoms with Crippen molar-refractivity contribution in [2.75, 3.05) is 5.73 Å². The van der Waals surface area contributed by atoms with Gasteiger partial charge < -0.3 is 5.73 Å². The smallest absolute Gasteiger partial charge is 0.273 e. The zero-order valence-electron chi connectivity index (χ0n) is 11.2. The third-order valence-electron chi connectivity index (χ3n) is 2.77. The minimum absolute atomic E-state index is 0.121. The number of non-ortho nitro benzene ring substituents is 1. The normalized spacial score (nSPS) is 10.6. The van der Waals surface area contributed by atoms with Crippen LogP contribution in [0.5, 0.6) is 0 Å². The first-order chi connectivity index (χ1) is 10.5. The number of nitro groups is 1. The highest BCUT2D eigenvalue weighted by Crippen LogP contribution is 2.20. The molecule has 112 valence electrons. The lowest BCUT2D eigenvalue weighted by Crippen LogP contribution is -2.19. The zero-order valence-corrected chi connectivity index (χ0v) is 11.9. The van der Waals surface area contributed by atoms with Crippen molar-refractivity contribution in [3.05, 3.63) is 68.7 Å². The van der Waals surface area contributed by atoms with Crippen molar-refractivity contribution in [1.82, 2.24) is 5.43 Å². The topological polar surface area (TPSA) is 111 Å². The van der Waals surface area contributed by atoms with Crippen molar-refractivity contribution in [2.24, 2.45) is 5.10 Å². The van der Waals surface area contributed by atoms with E-state index in [9.17, 15) is 14.9 Å². The predicted octanol–water partition coefficient (Wildman–Crippen LogP) is 2.59. The van der Waals surface area contributed by atoms with Crippen molar-refractivity contribution in [2.45, 2.75) is 0 Å². The summed E-state index contributed by atoms with van der Waals surface area (Å²) in [6, 6.07) is 10.5. The lowest BCUT2D eigenvalue weighted by atomic mass is 10.2. The number of rotatable bonds is 4. The summed E-state index contributed by atoms with van der Waals surface area (Å²) in [6.45, 7) is 0. The second-order valence-corrected chi connectivity index (χ2v) is 4.66. The van der Waals surface area contributed by atoms with Crippen LogP contribution in [0.25, 0.3) is 0 Å². The summed E-state index contributed by atoms with van der Waals surface area (Å²) in [5, 5.41) is 14.7. The van der Waals surface area contributed by atoms with E-state index in [1.165, 1.54) is 24.4 Å². The first-order valence-corrected chi connectivity index (χ1v) is 6.48. The van der Waals surface area contributed by atoms with Crippen LogP contribution < -0.4 is 11.2 Å². The molecule has 0 heterocycles. The maximum absolute atomic E-state index is 11.9. The Balaban J connectivity index is 2.13. The van der Waals surface area contributed by atoms with Crippen LogP contribution in [0.2, 0.25) is 5.02 Å². The van der Waals surface area contributed by atoms with Gasteiger partial charge in [-0.1, -0.05) is 23.7 Å². The molecule has 0 saturated heterocycles. The summed E-state index contributed by atoms with van der Waals surface area (Å²) in [7, 11) is 0. The molecule has 0 aliphatic heterocycles. The molecule has 2 rings (SSSR count). The Morgan fingerprint density at radius 3 is 2.73 bits per heavy atom. The number of nitrogens with two attached hydrogens (primary N) is 1. The third-order valence-corrected chi connectivity index (χ3v) is 3.11. The molecule has 0 spiro atoms. The molecule has 7 nitrogen and oxygen atoms in total. The Hall–Kier alpha value is -2.93. The maximum atomic E-state index is 11.9. The average molecular weight is 319 g/mol. The summed E-state index contributed by atoms with van der Waals surface area (Å²) in [5.41, 5.74) is 8.76. The monoisotopic (exact) mass is 318 g/mol. The Kier molecular flexibility index (Phi) is 4.70. The van der Waals surface area contributed by atoms with Crippen LogP contribution in [0.3, 0.4) is 0 Å². The number of nitrogen functional groups attached to an aromatic ring is 1. The minimum Gasteiger partial charge on any atom is -0.398 e. The van der Waals surface area contributed by atoms with Gasteiger partial charge in [0, 0.05) is 28.4 Å². The summed E-state index contributed by atoms with van der Waals surface area (Å²) >= 11 is 5.91. The molecule has 0 radical (unpaired) electrons. The first-order valence-electron chi connectivity index (χ1n) is 6.11. The van der Waals surface area contributed by atoms with Gasteiger partial charge in [0.15, 0.2) is 0 Å². The number of benzene rings is 2. The van der Waals surface area contributed by atoms with E-state index in [0.29, 0.717) is 11.3 Å². The quantitative estimate of drug-likeness (QED) is 0.390. The lowest BCUT2D eigenvalue weighted by molar-refractivity contribution is -0.384. The summed E-state index contributed by atoms with van der Waals surface area (Å²) in [5.74, 6) is -0.490. The van der Waals surface area contributed by atoms with Gasteiger partial charge in [0.05, 0.1) is 16.7 Å². The Morgan fingerprint density at radius 2 is 2.05 bits per heavy atom. The highest BCUT2D eigenvalue weighted by molar-refractivity contribution is 6.33. The van der Waals surface area contributed by atoms with Crippen molar-refractivity contribution < 1.29 is 9.72 Å². The highest BCUT2D eigenvalue weighted by Gasteiger charge is 2.09. The number of amides is 1. The van der Waals surface area contributed by atoms with Gasteiger partial charge in [-0.25, -0.2) is 5.43 Å². The van der Waals surface area contributed by atoms with E-state index >= 15 is 0 Å². The molecule has 0 unspecified atom stereocenters. The molecule has 1 amide bonds. The molecule has 8 heteroatoms. The van der Waals surface area contributed by atoms with E-state index in [1.54, 1.807) is 24.3 Å². The lowest BCUT2D eigenvalue weighted by Gasteiger charge is -2.03. The Labute approximate surface area is 130 Å². The van der Waals surface area contributed by atoms with Gasteiger partial charge in [0.25, 0.3) is 11.6 Å². The van der Waals surface area contributed by atoms with Crippen LogP contribution in [0.1, 0.15) is 15.9 Å². The number of anilines is 1. The number of carbonyl (C=O) groups excluding carboxylic acids is 1. The molecular weight excluding hydrogens is 308 g/mol. The predicted molar refractivity (Wildman–Crippen MR) is 84.0 cm³/mol. The number of hydrogen-bond acceptors (Lipinski definition) is 5. The van der Waals surface area contributed by atoms with Gasteiger partial charge >= 0.3 is 0 Å². The van der Waals surface area contributed by atoms with Crippen molar-refractivity contribution >= 4 is 35.1 Å². The van der Waals surface area contributed by atoms with E-state index in [1.807, 2.05) is 0 Å². The summed E-state index contributed by atoms with van der Waals surface area (Å²) in [4.78, 5) is 22.0. The Bertz CT molecular complexity index is 762. The van der Waals surface area contributed by atoms with Gasteiger partial charge in [0.2, 0.25) is 0 Å². The molecular formula is C14H11ClN4O3. The Morgan fingerprint density at radius 1 is 1.32 bits per heavy atom. The van der Waals surface area contributed by atoms with Crippen molar-refractivity contribution in [3.63, 3.8) is 0 Å². The number of hydrazone groups is 1. The van der Waals surface area contributed by atoms with E-state index < -0.39 is 10.8 Å². The number of nitrogens with zero attached hydrogens (tertiary/aromatic N) is 2. The van der Waals surface area contributed by atoms with Crippen LogP contribution in [-0.4, -0.2) is 17.0 Å². The molecule has 2 aromatic rings. The van der Waals surface area contributed by atoms with E-state index in [2.05, 4.69) is 10.5 Å². The fourth-order valence-corrected chi connectivity index (χ4v) is 1.83. The van der Waals surface area contributed by atoms with Gasteiger partial charge in [-0.15, -0.1) is 0 Å².